The molecule has 6 nitrogen and oxygen atoms in total. The lowest BCUT2D eigenvalue weighted by atomic mass is 10.2. The van der Waals surface area contributed by atoms with Crippen LogP contribution in [-0.4, -0.2) is 40.3 Å². The molecule has 1 N–H and O–H groups in total. The van der Waals surface area contributed by atoms with Crippen molar-refractivity contribution in [3.05, 3.63) is 47.7 Å². The van der Waals surface area contributed by atoms with Gasteiger partial charge in [0.15, 0.2) is 0 Å². The molecule has 1 aromatic carbocycles. The second-order valence-corrected chi connectivity index (χ2v) is 6.27. The summed E-state index contributed by atoms with van der Waals surface area (Å²) in [5.74, 6) is -0.806. The largest absolute Gasteiger partial charge is 0.510 e. The first-order chi connectivity index (χ1) is 10.8. The summed E-state index contributed by atoms with van der Waals surface area (Å²) >= 11 is 0. The maximum Gasteiger partial charge on any atom is 0.418 e. The number of aliphatic hydroxyl groups is 1. The third-order valence-electron chi connectivity index (χ3n) is 3.14. The topological polar surface area (TPSA) is 76.1 Å². The van der Waals surface area contributed by atoms with E-state index in [-0.39, 0.29) is 12.4 Å². The third kappa shape index (κ3) is 4.56. The first-order valence-corrected chi connectivity index (χ1v) is 7.36. The lowest BCUT2D eigenvalue weighted by molar-refractivity contribution is -0.126. The fourth-order valence-electron chi connectivity index (χ4n) is 2.13. The van der Waals surface area contributed by atoms with Crippen molar-refractivity contribution in [2.24, 2.45) is 0 Å². The van der Waals surface area contributed by atoms with Crippen LogP contribution in [0.4, 0.5) is 4.79 Å². The van der Waals surface area contributed by atoms with E-state index in [4.69, 9.17) is 9.47 Å². The van der Waals surface area contributed by atoms with Crippen molar-refractivity contribution in [3.8, 4) is 0 Å². The van der Waals surface area contributed by atoms with Crippen LogP contribution in [0.25, 0.3) is 0 Å². The van der Waals surface area contributed by atoms with Crippen molar-refractivity contribution in [1.29, 1.82) is 0 Å². The first-order valence-electron chi connectivity index (χ1n) is 7.36. The quantitative estimate of drug-likeness (QED) is 0.923. The number of carbonyl (C=O) groups excluding carboxylic acids is 2. The standard InChI is InChI=1S/C17H21NO5/c1-17(2,3)23-16(21)18-13(14(19)9-15(18)20)11-22-10-12-7-5-4-6-8-12/h4-9,13,19H,10-11H2,1-3H3. The molecule has 23 heavy (non-hydrogen) atoms. The minimum atomic E-state index is -0.860. The number of rotatable bonds is 4. The van der Waals surface area contributed by atoms with E-state index in [9.17, 15) is 14.7 Å². The molecule has 0 fully saturated rings. The Labute approximate surface area is 135 Å². The Morgan fingerprint density at radius 1 is 1.26 bits per heavy atom. The van der Waals surface area contributed by atoms with Crippen molar-refractivity contribution in [2.45, 2.75) is 39.0 Å². The normalized spacial score (nSPS) is 18.0. The second kappa shape index (κ2) is 6.83. The summed E-state index contributed by atoms with van der Waals surface area (Å²) in [6, 6.07) is 8.63. The molecule has 1 aliphatic heterocycles. The summed E-state index contributed by atoms with van der Waals surface area (Å²) in [6.07, 6.45) is 0.219. The van der Waals surface area contributed by atoms with Crippen molar-refractivity contribution >= 4 is 12.0 Å². The molecule has 1 atom stereocenters. The number of nitrogens with zero attached hydrogens (tertiary/aromatic N) is 1. The zero-order valence-electron chi connectivity index (χ0n) is 13.5. The van der Waals surface area contributed by atoms with Crippen LogP contribution in [0, 0.1) is 0 Å². The highest BCUT2D eigenvalue weighted by atomic mass is 16.6. The number of hydrogen-bond acceptors (Lipinski definition) is 5. The number of hydrogen-bond donors (Lipinski definition) is 1. The highest BCUT2D eigenvalue weighted by Crippen LogP contribution is 2.21. The molecular weight excluding hydrogens is 298 g/mol. The number of carbonyl (C=O) groups is 2. The molecule has 124 valence electrons. The molecule has 0 saturated heterocycles. The van der Waals surface area contributed by atoms with Gasteiger partial charge >= 0.3 is 6.09 Å². The van der Waals surface area contributed by atoms with Crippen LogP contribution in [0.5, 0.6) is 0 Å². The van der Waals surface area contributed by atoms with E-state index in [0.29, 0.717) is 6.61 Å². The van der Waals surface area contributed by atoms with E-state index >= 15 is 0 Å². The fraction of sp³-hybridized carbons (Fsp3) is 0.412. The zero-order valence-corrected chi connectivity index (χ0v) is 13.5. The summed E-state index contributed by atoms with van der Waals surface area (Å²) in [7, 11) is 0. The number of aliphatic hydroxyl groups excluding tert-OH is 1. The van der Waals surface area contributed by atoms with Crippen molar-refractivity contribution in [3.63, 3.8) is 0 Å². The summed E-state index contributed by atoms with van der Waals surface area (Å²) in [5.41, 5.74) is 0.231. The van der Waals surface area contributed by atoms with E-state index in [2.05, 4.69) is 0 Å². The Morgan fingerprint density at radius 2 is 1.91 bits per heavy atom. The molecule has 1 aliphatic rings. The fourth-order valence-corrected chi connectivity index (χ4v) is 2.13. The minimum absolute atomic E-state index is 0.00219. The number of benzene rings is 1. The van der Waals surface area contributed by atoms with Crippen LogP contribution < -0.4 is 0 Å². The summed E-state index contributed by atoms with van der Waals surface area (Å²) in [6.45, 7) is 5.45. The average Bonchev–Trinajstić information content (AvgIpc) is 2.72. The second-order valence-electron chi connectivity index (χ2n) is 6.27. The Balaban J connectivity index is 1.98. The van der Waals surface area contributed by atoms with Crippen LogP contribution >= 0.6 is 0 Å². The van der Waals surface area contributed by atoms with Gasteiger partial charge in [-0.3, -0.25) is 4.79 Å². The number of amides is 2. The summed E-state index contributed by atoms with van der Waals surface area (Å²) in [5, 5.41) is 9.89. The van der Waals surface area contributed by atoms with Gasteiger partial charge in [-0.1, -0.05) is 30.3 Å². The summed E-state index contributed by atoms with van der Waals surface area (Å²) < 4.78 is 10.7. The monoisotopic (exact) mass is 319 g/mol. The molecule has 1 heterocycles. The first kappa shape index (κ1) is 17.0. The van der Waals surface area contributed by atoms with E-state index in [1.165, 1.54) is 0 Å². The molecule has 0 aromatic heterocycles. The molecule has 0 saturated carbocycles. The lowest BCUT2D eigenvalue weighted by Crippen LogP contribution is -2.45. The van der Waals surface area contributed by atoms with Crippen LogP contribution in [0.1, 0.15) is 26.3 Å². The smallest absolute Gasteiger partial charge is 0.418 e. The van der Waals surface area contributed by atoms with E-state index < -0.39 is 23.6 Å². The third-order valence-corrected chi connectivity index (χ3v) is 3.14. The van der Waals surface area contributed by atoms with Gasteiger partial charge in [-0.15, -0.1) is 0 Å². The van der Waals surface area contributed by atoms with Gasteiger partial charge in [0.1, 0.15) is 17.4 Å². The van der Waals surface area contributed by atoms with E-state index in [0.717, 1.165) is 16.5 Å². The van der Waals surface area contributed by atoms with Crippen LogP contribution in [0.15, 0.2) is 42.2 Å². The highest BCUT2D eigenvalue weighted by Gasteiger charge is 2.40. The SMILES string of the molecule is CC(C)(C)OC(=O)N1C(=O)C=C(O)C1COCc1ccccc1. The van der Waals surface area contributed by atoms with E-state index in [1.807, 2.05) is 30.3 Å². The molecule has 1 aromatic rings. The van der Waals surface area contributed by atoms with Crippen LogP contribution in [0.3, 0.4) is 0 Å². The van der Waals surface area contributed by atoms with Gasteiger partial charge in [-0.25, -0.2) is 9.69 Å². The molecule has 0 aliphatic carbocycles. The molecule has 1 unspecified atom stereocenters. The van der Waals surface area contributed by atoms with Gasteiger partial charge in [-0.2, -0.15) is 0 Å². The molecule has 0 radical (unpaired) electrons. The zero-order chi connectivity index (χ0) is 17.0. The minimum Gasteiger partial charge on any atom is -0.510 e. The molecule has 2 amide bonds. The average molecular weight is 319 g/mol. The maximum absolute atomic E-state index is 12.1. The van der Waals surface area contributed by atoms with Gasteiger partial charge in [0.05, 0.1) is 13.2 Å². The van der Waals surface area contributed by atoms with Crippen LogP contribution in [0.2, 0.25) is 0 Å². The number of imide groups is 1. The predicted molar refractivity (Wildman–Crippen MR) is 83.7 cm³/mol. The van der Waals surface area contributed by atoms with Crippen LogP contribution in [-0.2, 0) is 20.9 Å². The highest BCUT2D eigenvalue weighted by molar-refractivity contribution is 6.02. The van der Waals surface area contributed by atoms with Crippen molar-refractivity contribution in [2.75, 3.05) is 6.61 Å². The Morgan fingerprint density at radius 3 is 2.52 bits per heavy atom. The van der Waals surface area contributed by atoms with Gasteiger partial charge in [0.25, 0.3) is 5.91 Å². The van der Waals surface area contributed by atoms with Gasteiger partial charge < -0.3 is 14.6 Å². The molecule has 2 rings (SSSR count). The predicted octanol–water partition coefficient (Wildman–Crippen LogP) is 2.79. The summed E-state index contributed by atoms with van der Waals surface area (Å²) in [4.78, 5) is 24.9. The molecule has 0 bridgehead atoms. The molecular formula is C17H21NO5. The van der Waals surface area contributed by atoms with Crippen molar-refractivity contribution < 1.29 is 24.2 Å². The number of ether oxygens (including phenoxy) is 2. The maximum atomic E-state index is 12.1. The Kier molecular flexibility index (Phi) is 5.05. The molecule has 0 spiro atoms. The Bertz CT molecular complexity index is 603. The Hall–Kier alpha value is -2.34. The lowest BCUT2D eigenvalue weighted by Gasteiger charge is -2.27. The van der Waals surface area contributed by atoms with Crippen molar-refractivity contribution in [1.82, 2.24) is 4.90 Å². The molecule has 6 heteroatoms. The van der Waals surface area contributed by atoms with Gasteiger partial charge in [-0.05, 0) is 26.3 Å². The van der Waals surface area contributed by atoms with E-state index in [1.54, 1.807) is 20.8 Å². The van der Waals surface area contributed by atoms with Gasteiger partial charge in [0.2, 0.25) is 0 Å². The van der Waals surface area contributed by atoms with Gasteiger partial charge in [0, 0.05) is 6.08 Å².